The summed E-state index contributed by atoms with van der Waals surface area (Å²) in [5.74, 6) is 2.44. The first-order valence-corrected chi connectivity index (χ1v) is 9.41. The van der Waals surface area contributed by atoms with Gasteiger partial charge in [0.05, 0.1) is 5.75 Å². The molecule has 4 aromatic heterocycles. The van der Waals surface area contributed by atoms with E-state index in [0.717, 1.165) is 5.56 Å². The van der Waals surface area contributed by atoms with Crippen LogP contribution >= 0.6 is 11.8 Å². The number of thioether (sulfide) groups is 1. The minimum Gasteiger partial charge on any atom is -0.420 e. The summed E-state index contributed by atoms with van der Waals surface area (Å²) in [6.45, 7) is 1.82. The van der Waals surface area contributed by atoms with Crippen molar-refractivity contribution in [2.75, 3.05) is 0 Å². The minimum atomic E-state index is 0.373. The summed E-state index contributed by atoms with van der Waals surface area (Å²) in [7, 11) is 0. The molecule has 0 aliphatic heterocycles. The molecule has 0 N–H and O–H groups in total. The fraction of sp³-hybridized carbons (Fsp3) is 0.111. The molecule has 0 saturated carbocycles. The van der Waals surface area contributed by atoms with Gasteiger partial charge in [-0.15, -0.1) is 15.3 Å². The molecule has 0 atom stereocenters. The number of hydrogen-bond acceptors (Lipinski definition) is 9. The fourth-order valence-corrected chi connectivity index (χ4v) is 3.39. The summed E-state index contributed by atoms with van der Waals surface area (Å²) in [6, 6.07) is 11.5. The number of aromatic nitrogens is 7. The van der Waals surface area contributed by atoms with E-state index >= 15 is 0 Å². The zero-order chi connectivity index (χ0) is 18.9. The Morgan fingerprint density at radius 1 is 1.11 bits per heavy atom. The van der Waals surface area contributed by atoms with Crippen molar-refractivity contribution in [2.45, 2.75) is 17.8 Å². The number of rotatable bonds is 5. The smallest absolute Gasteiger partial charge is 0.253 e. The second kappa shape index (κ2) is 6.89. The van der Waals surface area contributed by atoms with Crippen LogP contribution in [0.2, 0.25) is 0 Å². The van der Waals surface area contributed by atoms with Gasteiger partial charge in [0.2, 0.25) is 11.0 Å². The van der Waals surface area contributed by atoms with Crippen LogP contribution in [0.4, 0.5) is 0 Å². The Labute approximate surface area is 162 Å². The van der Waals surface area contributed by atoms with E-state index in [-0.39, 0.29) is 0 Å². The molecule has 5 rings (SSSR count). The third-order valence-corrected chi connectivity index (χ3v) is 4.84. The third-order valence-electron chi connectivity index (χ3n) is 4.01. The van der Waals surface area contributed by atoms with Gasteiger partial charge in [0.1, 0.15) is 17.0 Å². The van der Waals surface area contributed by atoms with Crippen LogP contribution in [0.5, 0.6) is 0 Å². The SMILES string of the molecule is Cc1onc(-c2ccccc2)c1-c1nnc(CSc2nc3ncccn3n2)o1. The Bertz CT molecular complexity index is 1210. The lowest BCUT2D eigenvalue weighted by atomic mass is 10.1. The van der Waals surface area contributed by atoms with E-state index in [4.69, 9.17) is 8.94 Å². The molecule has 0 aliphatic rings. The molecule has 0 saturated heterocycles. The van der Waals surface area contributed by atoms with Crippen molar-refractivity contribution in [2.24, 2.45) is 0 Å². The standard InChI is InChI=1S/C18H13N7O2S/c1-11-14(15(24-27-11)12-6-3-2-4-7-12)16-22-21-13(26-16)10-28-18-20-17-19-8-5-9-25(17)23-18/h2-9H,10H2,1H3. The van der Waals surface area contributed by atoms with E-state index < -0.39 is 0 Å². The number of hydrogen-bond donors (Lipinski definition) is 0. The summed E-state index contributed by atoms with van der Waals surface area (Å²) in [5.41, 5.74) is 2.30. The zero-order valence-corrected chi connectivity index (χ0v) is 15.5. The van der Waals surface area contributed by atoms with Gasteiger partial charge in [0, 0.05) is 18.0 Å². The van der Waals surface area contributed by atoms with E-state index in [1.807, 2.05) is 37.3 Å². The summed E-state index contributed by atoms with van der Waals surface area (Å²) in [5, 5.41) is 17.4. The average molecular weight is 391 g/mol. The van der Waals surface area contributed by atoms with Crippen LogP contribution in [0.15, 0.2) is 62.9 Å². The summed E-state index contributed by atoms with van der Waals surface area (Å²) in [6.07, 6.45) is 3.47. The topological polar surface area (TPSA) is 108 Å². The minimum absolute atomic E-state index is 0.373. The third kappa shape index (κ3) is 3.03. The van der Waals surface area contributed by atoms with E-state index in [0.29, 0.717) is 45.5 Å². The Morgan fingerprint density at radius 2 is 2.00 bits per heavy atom. The second-order valence-corrected chi connectivity index (χ2v) is 6.82. The molecule has 0 aliphatic carbocycles. The Morgan fingerprint density at radius 3 is 2.86 bits per heavy atom. The lowest BCUT2D eigenvalue weighted by Gasteiger charge is -1.98. The van der Waals surface area contributed by atoms with Crippen molar-refractivity contribution >= 4 is 17.5 Å². The van der Waals surface area contributed by atoms with Crippen molar-refractivity contribution < 1.29 is 8.94 Å². The first-order valence-electron chi connectivity index (χ1n) is 8.42. The van der Waals surface area contributed by atoms with E-state index in [2.05, 4.69) is 30.4 Å². The highest BCUT2D eigenvalue weighted by atomic mass is 32.2. The number of nitrogens with zero attached hydrogens (tertiary/aromatic N) is 7. The highest BCUT2D eigenvalue weighted by molar-refractivity contribution is 7.98. The molecular weight excluding hydrogens is 378 g/mol. The molecule has 9 nitrogen and oxygen atoms in total. The van der Waals surface area contributed by atoms with Crippen LogP contribution in [0, 0.1) is 6.92 Å². The van der Waals surface area contributed by atoms with Gasteiger partial charge in [-0.3, -0.25) is 0 Å². The van der Waals surface area contributed by atoms with E-state index in [1.165, 1.54) is 11.8 Å². The first-order chi connectivity index (χ1) is 13.8. The molecule has 5 aromatic rings. The lowest BCUT2D eigenvalue weighted by Crippen LogP contribution is -1.87. The van der Waals surface area contributed by atoms with Crippen LogP contribution in [-0.2, 0) is 5.75 Å². The summed E-state index contributed by atoms with van der Waals surface area (Å²) in [4.78, 5) is 8.49. The molecule has 4 heterocycles. The predicted molar refractivity (Wildman–Crippen MR) is 100 cm³/mol. The molecule has 138 valence electrons. The van der Waals surface area contributed by atoms with Gasteiger partial charge in [-0.25, -0.2) is 9.50 Å². The molecule has 0 bridgehead atoms. The van der Waals surface area contributed by atoms with Gasteiger partial charge in [0.15, 0.2) is 0 Å². The number of benzene rings is 1. The molecule has 1 aromatic carbocycles. The van der Waals surface area contributed by atoms with Crippen molar-refractivity contribution in [3.63, 3.8) is 0 Å². The predicted octanol–water partition coefficient (Wildman–Crippen LogP) is 3.43. The van der Waals surface area contributed by atoms with Crippen LogP contribution in [0.25, 0.3) is 28.5 Å². The number of fused-ring (bicyclic) bond motifs is 1. The molecule has 0 unspecified atom stereocenters. The molecule has 0 spiro atoms. The highest BCUT2D eigenvalue weighted by Gasteiger charge is 2.22. The second-order valence-electron chi connectivity index (χ2n) is 5.88. The summed E-state index contributed by atoms with van der Waals surface area (Å²) < 4.78 is 12.8. The van der Waals surface area contributed by atoms with Crippen molar-refractivity contribution in [3.8, 4) is 22.7 Å². The normalized spacial score (nSPS) is 11.3. The molecule has 28 heavy (non-hydrogen) atoms. The van der Waals surface area contributed by atoms with Gasteiger partial charge in [-0.2, -0.15) is 4.98 Å². The van der Waals surface area contributed by atoms with Crippen LogP contribution in [0.1, 0.15) is 11.7 Å². The molecule has 0 fully saturated rings. The summed E-state index contributed by atoms with van der Waals surface area (Å²) >= 11 is 1.40. The first kappa shape index (κ1) is 16.6. The van der Waals surface area contributed by atoms with Gasteiger partial charge in [-0.1, -0.05) is 47.3 Å². The van der Waals surface area contributed by atoms with Gasteiger partial charge < -0.3 is 8.94 Å². The van der Waals surface area contributed by atoms with E-state index in [9.17, 15) is 0 Å². The van der Waals surface area contributed by atoms with Crippen molar-refractivity contribution in [1.82, 2.24) is 34.9 Å². The van der Waals surface area contributed by atoms with Crippen molar-refractivity contribution in [1.29, 1.82) is 0 Å². The quantitative estimate of drug-likeness (QED) is 0.416. The van der Waals surface area contributed by atoms with Gasteiger partial charge in [0.25, 0.3) is 11.7 Å². The Kier molecular flexibility index (Phi) is 4.09. The van der Waals surface area contributed by atoms with Gasteiger partial charge >= 0.3 is 0 Å². The largest absolute Gasteiger partial charge is 0.420 e. The lowest BCUT2D eigenvalue weighted by molar-refractivity contribution is 0.399. The molecule has 0 radical (unpaired) electrons. The van der Waals surface area contributed by atoms with Crippen LogP contribution in [0.3, 0.4) is 0 Å². The van der Waals surface area contributed by atoms with Gasteiger partial charge in [-0.05, 0) is 13.0 Å². The Hall–Kier alpha value is -3.53. The molecule has 10 heteroatoms. The maximum Gasteiger partial charge on any atom is 0.253 e. The molecule has 0 amide bonds. The maximum atomic E-state index is 5.85. The highest BCUT2D eigenvalue weighted by Crippen LogP contribution is 2.33. The molecular formula is C18H13N7O2S. The van der Waals surface area contributed by atoms with Crippen LogP contribution < -0.4 is 0 Å². The number of aryl methyl sites for hydroxylation is 1. The van der Waals surface area contributed by atoms with Crippen molar-refractivity contribution in [3.05, 3.63) is 60.4 Å². The maximum absolute atomic E-state index is 5.85. The van der Waals surface area contributed by atoms with Crippen LogP contribution in [-0.4, -0.2) is 34.9 Å². The fourth-order valence-electron chi connectivity index (χ4n) is 2.73. The Balaban J connectivity index is 1.39. The monoisotopic (exact) mass is 391 g/mol. The zero-order valence-electron chi connectivity index (χ0n) is 14.7. The van der Waals surface area contributed by atoms with E-state index in [1.54, 1.807) is 23.0 Å². The average Bonchev–Trinajstić information content (AvgIpc) is 3.44.